The molecule has 0 aliphatic heterocycles. The number of nitrogens with two attached hydrogens (primary N) is 1. The lowest BCUT2D eigenvalue weighted by atomic mass is 9.98. The normalized spacial score (nSPS) is 16.0. The molecule has 0 spiro atoms. The molecule has 0 bridgehead atoms. The quantitative estimate of drug-likeness (QED) is 0.182. The third kappa shape index (κ3) is 8.57. The topological polar surface area (TPSA) is 188 Å². The number of hydrogen-bond donors (Lipinski definition) is 7. The number of carbonyl (C=O) groups is 5. The summed E-state index contributed by atoms with van der Waals surface area (Å²) in [4.78, 5) is 58.8. The van der Waals surface area contributed by atoms with E-state index < -0.39 is 66.2 Å². The monoisotopic (exact) mass is 420 g/mol. The van der Waals surface area contributed by atoms with Crippen molar-refractivity contribution in [2.45, 2.75) is 57.8 Å². The zero-order valence-corrected chi connectivity index (χ0v) is 16.9. The SMILES string of the molecule is CCC(C)C(NC(=O)C(CC(=O)O)NC(=O)C(CS)NC(=O)C(C)N)C(=O)O. The number of aliphatic carboxylic acids is 2. The second-order valence-electron chi connectivity index (χ2n) is 6.40. The van der Waals surface area contributed by atoms with Gasteiger partial charge in [-0.05, 0) is 12.8 Å². The lowest BCUT2D eigenvalue weighted by molar-refractivity contribution is -0.144. The van der Waals surface area contributed by atoms with E-state index in [9.17, 15) is 29.1 Å². The number of rotatable bonds is 12. The van der Waals surface area contributed by atoms with Gasteiger partial charge in [0.1, 0.15) is 18.1 Å². The first-order chi connectivity index (χ1) is 12.9. The van der Waals surface area contributed by atoms with Crippen molar-refractivity contribution >= 4 is 42.3 Å². The fourth-order valence-corrected chi connectivity index (χ4v) is 2.35. The highest BCUT2D eigenvalue weighted by atomic mass is 32.1. The van der Waals surface area contributed by atoms with Gasteiger partial charge in [0.2, 0.25) is 17.7 Å². The minimum atomic E-state index is -1.54. The zero-order chi connectivity index (χ0) is 22.0. The van der Waals surface area contributed by atoms with E-state index in [1.807, 2.05) is 0 Å². The van der Waals surface area contributed by atoms with E-state index in [0.29, 0.717) is 6.42 Å². The summed E-state index contributed by atoms with van der Waals surface area (Å²) < 4.78 is 0. The number of carboxylic acids is 2. The van der Waals surface area contributed by atoms with Crippen molar-refractivity contribution in [3.8, 4) is 0 Å². The molecule has 0 aliphatic carbocycles. The van der Waals surface area contributed by atoms with Gasteiger partial charge in [-0.2, -0.15) is 12.6 Å². The summed E-state index contributed by atoms with van der Waals surface area (Å²) in [5, 5.41) is 25.1. The van der Waals surface area contributed by atoms with Crippen LogP contribution in [0.25, 0.3) is 0 Å². The molecule has 28 heavy (non-hydrogen) atoms. The van der Waals surface area contributed by atoms with Crippen LogP contribution in [0.3, 0.4) is 0 Å². The Morgan fingerprint density at radius 3 is 1.82 bits per heavy atom. The first-order valence-corrected chi connectivity index (χ1v) is 9.29. The molecule has 0 fully saturated rings. The van der Waals surface area contributed by atoms with Crippen molar-refractivity contribution in [2.75, 3.05) is 5.75 Å². The molecular weight excluding hydrogens is 392 g/mol. The van der Waals surface area contributed by atoms with E-state index >= 15 is 0 Å². The predicted octanol–water partition coefficient (Wildman–Crippen LogP) is -1.68. The molecule has 0 rings (SSSR count). The van der Waals surface area contributed by atoms with Gasteiger partial charge in [-0.3, -0.25) is 19.2 Å². The highest BCUT2D eigenvalue weighted by Crippen LogP contribution is 2.09. The van der Waals surface area contributed by atoms with Crippen LogP contribution in [-0.4, -0.2) is 69.8 Å². The standard InChI is InChI=1S/C16H28N4O7S/c1-4-7(2)12(16(26)27)20-14(24)9(5-11(21)22)18-15(25)10(6-28)19-13(23)8(3)17/h7-10,12,28H,4-6,17H2,1-3H3,(H,18,25)(H,19,23)(H,20,24)(H,21,22)(H,26,27). The molecule has 0 heterocycles. The molecule has 3 amide bonds. The maximum atomic E-state index is 12.4. The molecule has 0 aromatic carbocycles. The van der Waals surface area contributed by atoms with Crippen LogP contribution in [0.15, 0.2) is 0 Å². The number of amides is 3. The Morgan fingerprint density at radius 1 is 0.929 bits per heavy atom. The molecular formula is C16H28N4O7S. The Kier molecular flexibility index (Phi) is 11.2. The molecule has 0 aliphatic rings. The van der Waals surface area contributed by atoms with Crippen molar-refractivity contribution in [1.29, 1.82) is 0 Å². The first kappa shape index (κ1) is 25.7. The third-order valence-corrected chi connectivity index (χ3v) is 4.38. The van der Waals surface area contributed by atoms with Crippen LogP contribution >= 0.6 is 12.6 Å². The Hall–Kier alpha value is -2.34. The van der Waals surface area contributed by atoms with Gasteiger partial charge in [0.15, 0.2) is 0 Å². The van der Waals surface area contributed by atoms with E-state index in [1.54, 1.807) is 13.8 Å². The number of carbonyl (C=O) groups excluding carboxylic acids is 3. The van der Waals surface area contributed by atoms with Crippen molar-refractivity contribution in [3.63, 3.8) is 0 Å². The summed E-state index contributed by atoms with van der Waals surface area (Å²) in [6.45, 7) is 4.76. The highest BCUT2D eigenvalue weighted by Gasteiger charge is 2.32. The summed E-state index contributed by atoms with van der Waals surface area (Å²) >= 11 is 3.95. The van der Waals surface area contributed by atoms with Gasteiger partial charge in [0.25, 0.3) is 0 Å². The Balaban J connectivity index is 5.31. The van der Waals surface area contributed by atoms with Crippen LogP contribution in [0.5, 0.6) is 0 Å². The van der Waals surface area contributed by atoms with E-state index in [2.05, 4.69) is 28.6 Å². The summed E-state index contributed by atoms with van der Waals surface area (Å²) in [6.07, 6.45) is -0.316. The van der Waals surface area contributed by atoms with Crippen LogP contribution in [-0.2, 0) is 24.0 Å². The molecule has 0 aromatic heterocycles. The van der Waals surface area contributed by atoms with Crippen molar-refractivity contribution < 1.29 is 34.2 Å². The summed E-state index contributed by atoms with van der Waals surface area (Å²) in [7, 11) is 0. The van der Waals surface area contributed by atoms with Gasteiger partial charge in [0, 0.05) is 5.75 Å². The molecule has 0 aromatic rings. The van der Waals surface area contributed by atoms with Crippen LogP contribution in [0.2, 0.25) is 0 Å². The smallest absolute Gasteiger partial charge is 0.326 e. The predicted molar refractivity (Wildman–Crippen MR) is 103 cm³/mol. The zero-order valence-electron chi connectivity index (χ0n) is 16.0. The average molecular weight is 420 g/mol. The maximum absolute atomic E-state index is 12.4. The van der Waals surface area contributed by atoms with Crippen LogP contribution < -0.4 is 21.7 Å². The second-order valence-corrected chi connectivity index (χ2v) is 6.77. The fraction of sp³-hybridized carbons (Fsp3) is 0.688. The van der Waals surface area contributed by atoms with Crippen LogP contribution in [0.4, 0.5) is 0 Å². The van der Waals surface area contributed by atoms with Gasteiger partial charge >= 0.3 is 11.9 Å². The third-order valence-electron chi connectivity index (χ3n) is 4.02. The molecule has 11 nitrogen and oxygen atoms in total. The number of nitrogens with one attached hydrogen (secondary N) is 3. The molecule has 12 heteroatoms. The summed E-state index contributed by atoms with van der Waals surface area (Å²) in [5.41, 5.74) is 5.41. The minimum Gasteiger partial charge on any atom is -0.481 e. The van der Waals surface area contributed by atoms with E-state index in [4.69, 9.17) is 10.8 Å². The average Bonchev–Trinajstić information content (AvgIpc) is 2.61. The molecule has 0 saturated carbocycles. The lowest BCUT2D eigenvalue weighted by Gasteiger charge is -2.25. The number of hydrogen-bond acceptors (Lipinski definition) is 7. The van der Waals surface area contributed by atoms with Gasteiger partial charge in [0.05, 0.1) is 12.5 Å². The largest absolute Gasteiger partial charge is 0.481 e. The van der Waals surface area contributed by atoms with Crippen molar-refractivity contribution in [1.82, 2.24) is 16.0 Å². The molecule has 7 N–H and O–H groups in total. The lowest BCUT2D eigenvalue weighted by Crippen LogP contribution is -2.58. The summed E-state index contributed by atoms with van der Waals surface area (Å²) in [6, 6.07) is -4.83. The van der Waals surface area contributed by atoms with Gasteiger partial charge < -0.3 is 31.9 Å². The van der Waals surface area contributed by atoms with E-state index in [1.165, 1.54) is 6.92 Å². The summed E-state index contributed by atoms with van der Waals surface area (Å²) in [5.74, 6) is -5.63. The van der Waals surface area contributed by atoms with Gasteiger partial charge in [-0.1, -0.05) is 20.3 Å². The molecule has 160 valence electrons. The van der Waals surface area contributed by atoms with Crippen LogP contribution in [0, 0.1) is 5.92 Å². The Bertz CT molecular complexity index is 600. The highest BCUT2D eigenvalue weighted by molar-refractivity contribution is 7.80. The Labute approximate surface area is 168 Å². The number of carboxylic acid groups (broad SMARTS) is 2. The maximum Gasteiger partial charge on any atom is 0.326 e. The van der Waals surface area contributed by atoms with Crippen LogP contribution in [0.1, 0.15) is 33.6 Å². The molecule has 0 saturated heterocycles. The second kappa shape index (κ2) is 12.2. The van der Waals surface area contributed by atoms with Gasteiger partial charge in [-0.25, -0.2) is 4.79 Å². The molecule has 0 radical (unpaired) electrons. The fourth-order valence-electron chi connectivity index (χ4n) is 2.09. The van der Waals surface area contributed by atoms with Crippen molar-refractivity contribution in [3.05, 3.63) is 0 Å². The first-order valence-electron chi connectivity index (χ1n) is 8.66. The van der Waals surface area contributed by atoms with E-state index in [-0.39, 0.29) is 5.75 Å². The molecule has 5 unspecified atom stereocenters. The van der Waals surface area contributed by atoms with Crippen molar-refractivity contribution in [2.24, 2.45) is 11.7 Å². The number of thiol groups is 1. The van der Waals surface area contributed by atoms with Gasteiger partial charge in [-0.15, -0.1) is 0 Å². The Morgan fingerprint density at radius 2 is 1.43 bits per heavy atom. The minimum absolute atomic E-state index is 0.129. The van der Waals surface area contributed by atoms with E-state index in [0.717, 1.165) is 0 Å². The molecule has 5 atom stereocenters.